The lowest BCUT2D eigenvalue weighted by molar-refractivity contribution is 0.668. The van der Waals surface area contributed by atoms with E-state index >= 15 is 0 Å². The van der Waals surface area contributed by atoms with E-state index in [2.05, 4.69) is 34.2 Å². The van der Waals surface area contributed by atoms with Crippen molar-refractivity contribution in [1.82, 2.24) is 9.97 Å². The first kappa shape index (κ1) is 18.4. The fourth-order valence-electron chi connectivity index (χ4n) is 4.48. The Balaban J connectivity index is 1.39. The van der Waals surface area contributed by atoms with Crippen LogP contribution in [0.2, 0.25) is 5.28 Å². The molecule has 0 fully saturated rings. The zero-order valence-corrected chi connectivity index (χ0v) is 18.0. The van der Waals surface area contributed by atoms with Gasteiger partial charge >= 0.3 is 0 Å². The predicted molar refractivity (Wildman–Crippen MR) is 132 cm³/mol. The standard InChI is InChI=1S/C28H15ClN2O2/c29-28-30-22(16-9-11-26-20(13-16)18-5-1-3-7-24(18)32-26)15-23(31-28)17-10-12-27-21(14-17)19-6-2-4-8-25(19)33-27/h1-15H. The summed E-state index contributed by atoms with van der Waals surface area (Å²) in [5.74, 6) is 0. The maximum atomic E-state index is 6.37. The number of rotatable bonds is 2. The van der Waals surface area contributed by atoms with E-state index in [4.69, 9.17) is 20.4 Å². The minimum Gasteiger partial charge on any atom is -0.456 e. The van der Waals surface area contributed by atoms with Crippen LogP contribution in [0.5, 0.6) is 0 Å². The fraction of sp³-hybridized carbons (Fsp3) is 0. The van der Waals surface area contributed by atoms with Crippen molar-refractivity contribution in [3.63, 3.8) is 0 Å². The van der Waals surface area contributed by atoms with Gasteiger partial charge in [0.25, 0.3) is 0 Å². The summed E-state index contributed by atoms with van der Waals surface area (Å²) >= 11 is 6.37. The van der Waals surface area contributed by atoms with E-state index in [1.54, 1.807) is 0 Å². The Morgan fingerprint density at radius 3 is 1.45 bits per heavy atom. The number of fused-ring (bicyclic) bond motifs is 6. The molecular formula is C28H15ClN2O2. The Morgan fingerprint density at radius 1 is 0.485 bits per heavy atom. The normalized spacial score (nSPS) is 11.8. The van der Waals surface area contributed by atoms with Gasteiger partial charge in [-0.2, -0.15) is 0 Å². The van der Waals surface area contributed by atoms with E-state index in [-0.39, 0.29) is 5.28 Å². The summed E-state index contributed by atoms with van der Waals surface area (Å²) in [6.07, 6.45) is 0. The molecule has 0 aliphatic rings. The zero-order chi connectivity index (χ0) is 21.9. The van der Waals surface area contributed by atoms with Crippen molar-refractivity contribution in [2.24, 2.45) is 0 Å². The molecule has 0 saturated heterocycles. The van der Waals surface area contributed by atoms with Gasteiger partial charge in [0.2, 0.25) is 5.28 Å². The molecule has 0 radical (unpaired) electrons. The van der Waals surface area contributed by atoms with Crippen LogP contribution in [0.1, 0.15) is 0 Å². The summed E-state index contributed by atoms with van der Waals surface area (Å²) in [6.45, 7) is 0. The first-order valence-electron chi connectivity index (χ1n) is 10.6. The Bertz CT molecular complexity index is 1720. The lowest BCUT2D eigenvalue weighted by Gasteiger charge is -2.06. The van der Waals surface area contributed by atoms with E-state index in [0.717, 1.165) is 66.4 Å². The maximum Gasteiger partial charge on any atom is 0.223 e. The fourth-order valence-corrected chi connectivity index (χ4v) is 4.67. The molecule has 4 nitrogen and oxygen atoms in total. The quantitative estimate of drug-likeness (QED) is 0.251. The van der Waals surface area contributed by atoms with Gasteiger partial charge in [0, 0.05) is 32.7 Å². The van der Waals surface area contributed by atoms with Crippen LogP contribution in [0.4, 0.5) is 0 Å². The first-order chi connectivity index (χ1) is 16.2. The largest absolute Gasteiger partial charge is 0.456 e. The molecule has 4 aromatic carbocycles. The molecule has 3 heterocycles. The van der Waals surface area contributed by atoms with Crippen LogP contribution >= 0.6 is 11.6 Å². The molecule has 0 spiro atoms. The highest BCUT2D eigenvalue weighted by Crippen LogP contribution is 2.35. The molecule has 0 N–H and O–H groups in total. The third-order valence-corrected chi connectivity index (χ3v) is 6.21. The van der Waals surface area contributed by atoms with Gasteiger partial charge in [-0.25, -0.2) is 9.97 Å². The number of hydrogen-bond donors (Lipinski definition) is 0. The van der Waals surface area contributed by atoms with Crippen molar-refractivity contribution in [2.45, 2.75) is 0 Å². The first-order valence-corrected chi connectivity index (χ1v) is 11.0. The molecule has 0 aliphatic heterocycles. The third-order valence-electron chi connectivity index (χ3n) is 6.04. The second-order valence-corrected chi connectivity index (χ2v) is 8.36. The van der Waals surface area contributed by atoms with Crippen LogP contribution in [-0.2, 0) is 0 Å². The van der Waals surface area contributed by atoms with Crippen molar-refractivity contribution < 1.29 is 8.83 Å². The van der Waals surface area contributed by atoms with E-state index in [9.17, 15) is 0 Å². The molecule has 0 bridgehead atoms. The lowest BCUT2D eigenvalue weighted by atomic mass is 10.0. The van der Waals surface area contributed by atoms with Gasteiger partial charge < -0.3 is 8.83 Å². The smallest absolute Gasteiger partial charge is 0.223 e. The summed E-state index contributed by atoms with van der Waals surface area (Å²) in [7, 11) is 0. The van der Waals surface area contributed by atoms with Crippen molar-refractivity contribution in [1.29, 1.82) is 0 Å². The van der Waals surface area contributed by atoms with E-state index in [1.807, 2.05) is 66.7 Å². The van der Waals surface area contributed by atoms with Crippen LogP contribution in [0.25, 0.3) is 66.4 Å². The zero-order valence-electron chi connectivity index (χ0n) is 17.2. The van der Waals surface area contributed by atoms with Gasteiger partial charge in [0.05, 0.1) is 11.4 Å². The summed E-state index contributed by atoms with van der Waals surface area (Å²) in [4.78, 5) is 9.02. The molecule has 5 heteroatoms. The van der Waals surface area contributed by atoms with Crippen molar-refractivity contribution in [3.8, 4) is 22.5 Å². The van der Waals surface area contributed by atoms with Crippen LogP contribution in [0.15, 0.2) is 99.8 Å². The predicted octanol–water partition coefficient (Wildman–Crippen LogP) is 8.26. The molecule has 33 heavy (non-hydrogen) atoms. The molecular weight excluding hydrogens is 432 g/mol. The Labute approximate surface area is 193 Å². The average Bonchev–Trinajstić information content (AvgIpc) is 3.41. The molecule has 0 unspecified atom stereocenters. The minimum atomic E-state index is 0.205. The molecule has 7 aromatic rings. The van der Waals surface area contributed by atoms with Gasteiger partial charge in [0.1, 0.15) is 22.3 Å². The molecule has 0 aliphatic carbocycles. The lowest BCUT2D eigenvalue weighted by Crippen LogP contribution is -1.92. The van der Waals surface area contributed by atoms with Gasteiger partial charge in [-0.15, -0.1) is 0 Å². The Hall–Kier alpha value is -4.15. The second kappa shape index (κ2) is 6.92. The summed E-state index contributed by atoms with van der Waals surface area (Å²) in [5.41, 5.74) is 6.85. The van der Waals surface area contributed by atoms with Gasteiger partial charge in [-0.1, -0.05) is 36.4 Å². The average molecular weight is 447 g/mol. The molecule has 7 rings (SSSR count). The number of benzene rings is 4. The van der Waals surface area contributed by atoms with Crippen LogP contribution < -0.4 is 0 Å². The Morgan fingerprint density at radius 2 is 0.939 bits per heavy atom. The summed E-state index contributed by atoms with van der Waals surface area (Å²) in [5, 5.41) is 4.45. The molecule has 0 amide bonds. The van der Waals surface area contributed by atoms with Crippen LogP contribution in [0.3, 0.4) is 0 Å². The van der Waals surface area contributed by atoms with Crippen molar-refractivity contribution in [3.05, 3.63) is 96.3 Å². The molecule has 3 aromatic heterocycles. The maximum absolute atomic E-state index is 6.37. The van der Waals surface area contributed by atoms with Crippen LogP contribution in [0, 0.1) is 0 Å². The monoisotopic (exact) mass is 446 g/mol. The van der Waals surface area contributed by atoms with Gasteiger partial charge in [-0.05, 0) is 66.2 Å². The van der Waals surface area contributed by atoms with Gasteiger partial charge in [0.15, 0.2) is 0 Å². The van der Waals surface area contributed by atoms with E-state index in [1.165, 1.54) is 0 Å². The van der Waals surface area contributed by atoms with Crippen molar-refractivity contribution >= 4 is 55.5 Å². The summed E-state index contributed by atoms with van der Waals surface area (Å²) in [6, 6.07) is 30.2. The second-order valence-electron chi connectivity index (χ2n) is 8.03. The van der Waals surface area contributed by atoms with Crippen molar-refractivity contribution in [2.75, 3.05) is 0 Å². The van der Waals surface area contributed by atoms with E-state index in [0.29, 0.717) is 0 Å². The van der Waals surface area contributed by atoms with E-state index < -0.39 is 0 Å². The SMILES string of the molecule is Clc1nc(-c2ccc3oc4ccccc4c3c2)cc(-c2ccc3oc4ccccc4c3c2)n1. The minimum absolute atomic E-state index is 0.205. The summed E-state index contributed by atoms with van der Waals surface area (Å²) < 4.78 is 11.9. The molecule has 0 atom stereocenters. The number of nitrogens with zero attached hydrogens (tertiary/aromatic N) is 2. The number of halogens is 1. The number of hydrogen-bond acceptors (Lipinski definition) is 4. The van der Waals surface area contributed by atoms with Gasteiger partial charge in [-0.3, -0.25) is 0 Å². The topological polar surface area (TPSA) is 52.1 Å². The Kier molecular flexibility index (Phi) is 3.87. The molecule has 0 saturated carbocycles. The highest BCUT2D eigenvalue weighted by Gasteiger charge is 2.13. The highest BCUT2D eigenvalue weighted by atomic mass is 35.5. The highest BCUT2D eigenvalue weighted by molar-refractivity contribution is 6.28. The third kappa shape index (κ3) is 2.92. The number of furan rings is 2. The number of aromatic nitrogens is 2. The number of para-hydroxylation sites is 2. The van der Waals surface area contributed by atoms with Crippen LogP contribution in [-0.4, -0.2) is 9.97 Å². The molecule has 156 valence electrons.